The van der Waals surface area contributed by atoms with Crippen LogP contribution in [0.4, 0.5) is 0 Å². The monoisotopic (exact) mass is 278 g/mol. The van der Waals surface area contributed by atoms with Crippen molar-refractivity contribution in [3.8, 4) is 0 Å². The second kappa shape index (κ2) is 6.36. The maximum absolute atomic E-state index is 3.84. The van der Waals surface area contributed by atoms with Gasteiger partial charge in [0.25, 0.3) is 0 Å². The number of rotatable bonds is 9. The van der Waals surface area contributed by atoms with E-state index in [2.05, 4.69) is 24.1 Å². The van der Waals surface area contributed by atoms with Gasteiger partial charge < -0.3 is 5.32 Å². The molecule has 0 aromatic rings. The van der Waals surface area contributed by atoms with Crippen LogP contribution in [-0.4, -0.2) is 36.6 Å². The molecule has 3 fully saturated rings. The first kappa shape index (κ1) is 14.8. The summed E-state index contributed by atoms with van der Waals surface area (Å²) in [5.74, 6) is 0.848. The lowest BCUT2D eigenvalue weighted by Crippen LogP contribution is -2.44. The number of hydrogen-bond acceptors (Lipinski definition) is 2. The molecule has 3 rings (SSSR count). The van der Waals surface area contributed by atoms with E-state index in [0.717, 1.165) is 18.0 Å². The van der Waals surface area contributed by atoms with E-state index in [0.29, 0.717) is 5.41 Å². The lowest BCUT2D eigenvalue weighted by Gasteiger charge is -2.36. The Morgan fingerprint density at radius 1 is 1.10 bits per heavy atom. The van der Waals surface area contributed by atoms with E-state index < -0.39 is 0 Å². The molecule has 0 aliphatic heterocycles. The zero-order chi connectivity index (χ0) is 14.0. The smallest absolute Gasteiger partial charge is 0.00966 e. The van der Waals surface area contributed by atoms with Gasteiger partial charge in [-0.1, -0.05) is 26.7 Å². The highest BCUT2D eigenvalue weighted by atomic mass is 15.2. The molecule has 0 radical (unpaired) electrons. The molecule has 3 aliphatic rings. The topological polar surface area (TPSA) is 15.3 Å². The molecule has 0 unspecified atom stereocenters. The van der Waals surface area contributed by atoms with Crippen LogP contribution in [0.25, 0.3) is 0 Å². The third kappa shape index (κ3) is 4.21. The van der Waals surface area contributed by atoms with Crippen molar-refractivity contribution in [1.82, 2.24) is 10.2 Å². The Morgan fingerprint density at radius 3 is 2.35 bits per heavy atom. The van der Waals surface area contributed by atoms with Crippen LogP contribution in [0.3, 0.4) is 0 Å². The third-order valence-electron chi connectivity index (χ3n) is 5.60. The Bertz CT molecular complexity index is 299. The average molecular weight is 278 g/mol. The van der Waals surface area contributed by atoms with Crippen molar-refractivity contribution < 1.29 is 0 Å². The van der Waals surface area contributed by atoms with E-state index in [9.17, 15) is 0 Å². The first-order valence-corrected chi connectivity index (χ1v) is 9.14. The Morgan fingerprint density at radius 2 is 1.80 bits per heavy atom. The molecular formula is C18H34N2. The van der Waals surface area contributed by atoms with Crippen LogP contribution >= 0.6 is 0 Å². The van der Waals surface area contributed by atoms with Crippen molar-refractivity contribution in [1.29, 1.82) is 0 Å². The zero-order valence-corrected chi connectivity index (χ0v) is 13.7. The molecule has 0 aromatic carbocycles. The van der Waals surface area contributed by atoms with Crippen molar-refractivity contribution in [2.24, 2.45) is 11.3 Å². The number of hydrogen-bond donors (Lipinski definition) is 1. The summed E-state index contributed by atoms with van der Waals surface area (Å²) < 4.78 is 0. The first-order valence-electron chi connectivity index (χ1n) is 9.14. The van der Waals surface area contributed by atoms with Gasteiger partial charge in [0.05, 0.1) is 0 Å². The molecule has 20 heavy (non-hydrogen) atoms. The quantitative estimate of drug-likeness (QED) is 0.690. The van der Waals surface area contributed by atoms with E-state index >= 15 is 0 Å². The number of nitrogens with one attached hydrogen (secondary N) is 1. The van der Waals surface area contributed by atoms with Crippen LogP contribution in [0.2, 0.25) is 0 Å². The highest BCUT2D eigenvalue weighted by Gasteiger charge is 2.40. The van der Waals surface area contributed by atoms with Gasteiger partial charge in [0.1, 0.15) is 0 Å². The van der Waals surface area contributed by atoms with Crippen molar-refractivity contribution in [3.05, 3.63) is 0 Å². The second-order valence-electron chi connectivity index (χ2n) is 8.25. The fourth-order valence-corrected chi connectivity index (χ4v) is 3.85. The molecule has 0 bridgehead atoms. The van der Waals surface area contributed by atoms with Crippen molar-refractivity contribution in [2.75, 3.05) is 19.6 Å². The summed E-state index contributed by atoms with van der Waals surface area (Å²) in [6.45, 7) is 8.75. The maximum atomic E-state index is 3.84. The molecule has 2 heteroatoms. The minimum absolute atomic E-state index is 0.613. The van der Waals surface area contributed by atoms with Crippen LogP contribution in [0.5, 0.6) is 0 Å². The first-order chi connectivity index (χ1) is 9.67. The van der Waals surface area contributed by atoms with Gasteiger partial charge in [0.15, 0.2) is 0 Å². The van der Waals surface area contributed by atoms with Gasteiger partial charge in [0.2, 0.25) is 0 Å². The van der Waals surface area contributed by atoms with Crippen molar-refractivity contribution in [2.45, 2.75) is 83.7 Å². The second-order valence-corrected chi connectivity index (χ2v) is 8.25. The minimum Gasteiger partial charge on any atom is -0.313 e. The standard InChI is InChI=1S/C18H34N2/c1-15(2)9-12-20(17-7-8-17)14-18(10-3-4-11-18)13-19-16-5-6-16/h15-17,19H,3-14H2,1-2H3. The van der Waals surface area contributed by atoms with E-state index in [-0.39, 0.29) is 0 Å². The Balaban J connectivity index is 1.54. The summed E-state index contributed by atoms with van der Waals surface area (Å²) in [7, 11) is 0. The van der Waals surface area contributed by atoms with Gasteiger partial charge in [-0.15, -0.1) is 0 Å². The molecule has 3 saturated carbocycles. The van der Waals surface area contributed by atoms with Gasteiger partial charge in [0, 0.05) is 25.2 Å². The Labute approximate surface area is 125 Å². The van der Waals surface area contributed by atoms with E-state index in [1.165, 1.54) is 77.4 Å². The summed E-state index contributed by atoms with van der Waals surface area (Å²) in [6.07, 6.45) is 13.0. The summed E-state index contributed by atoms with van der Waals surface area (Å²) >= 11 is 0. The molecule has 0 spiro atoms. The molecular weight excluding hydrogens is 244 g/mol. The van der Waals surface area contributed by atoms with Gasteiger partial charge >= 0.3 is 0 Å². The molecule has 3 aliphatic carbocycles. The Hall–Kier alpha value is -0.0800. The summed E-state index contributed by atoms with van der Waals surface area (Å²) in [4.78, 5) is 2.86. The van der Waals surface area contributed by atoms with Gasteiger partial charge in [-0.05, 0) is 62.8 Å². The molecule has 0 aromatic heterocycles. The highest BCUT2D eigenvalue weighted by Crippen LogP contribution is 2.41. The summed E-state index contributed by atoms with van der Waals surface area (Å²) in [6, 6.07) is 1.81. The highest BCUT2D eigenvalue weighted by molar-refractivity contribution is 4.95. The van der Waals surface area contributed by atoms with Gasteiger partial charge in [-0.25, -0.2) is 0 Å². The predicted octanol–water partition coefficient (Wildman–Crippen LogP) is 3.81. The van der Waals surface area contributed by atoms with E-state index in [1.807, 2.05) is 0 Å². The normalized spacial score (nSPS) is 25.8. The number of nitrogens with zero attached hydrogens (tertiary/aromatic N) is 1. The average Bonchev–Trinajstić information content (AvgIpc) is 3.32. The van der Waals surface area contributed by atoms with Crippen molar-refractivity contribution >= 4 is 0 Å². The van der Waals surface area contributed by atoms with Crippen LogP contribution < -0.4 is 5.32 Å². The van der Waals surface area contributed by atoms with Crippen LogP contribution in [-0.2, 0) is 0 Å². The molecule has 2 nitrogen and oxygen atoms in total. The fourth-order valence-electron chi connectivity index (χ4n) is 3.85. The largest absolute Gasteiger partial charge is 0.313 e. The third-order valence-corrected chi connectivity index (χ3v) is 5.60. The fraction of sp³-hybridized carbons (Fsp3) is 1.00. The summed E-state index contributed by atoms with van der Waals surface area (Å²) in [5, 5.41) is 3.84. The van der Waals surface area contributed by atoms with E-state index in [4.69, 9.17) is 0 Å². The SMILES string of the molecule is CC(C)CCN(CC1(CNC2CC2)CCCC1)C1CC1. The summed E-state index contributed by atoms with van der Waals surface area (Å²) in [5.41, 5.74) is 0.613. The molecule has 0 heterocycles. The van der Waals surface area contributed by atoms with Gasteiger partial charge in [-0.2, -0.15) is 0 Å². The molecule has 1 N–H and O–H groups in total. The van der Waals surface area contributed by atoms with Crippen LogP contribution in [0, 0.1) is 11.3 Å². The van der Waals surface area contributed by atoms with Crippen molar-refractivity contribution in [3.63, 3.8) is 0 Å². The molecule has 0 saturated heterocycles. The lowest BCUT2D eigenvalue weighted by atomic mass is 9.85. The predicted molar refractivity (Wildman–Crippen MR) is 86.0 cm³/mol. The molecule has 0 atom stereocenters. The minimum atomic E-state index is 0.613. The lowest BCUT2D eigenvalue weighted by molar-refractivity contribution is 0.136. The Kier molecular flexibility index (Phi) is 4.72. The van der Waals surface area contributed by atoms with E-state index in [1.54, 1.807) is 0 Å². The molecule has 0 amide bonds. The molecule has 116 valence electrons. The van der Waals surface area contributed by atoms with Crippen LogP contribution in [0.1, 0.15) is 71.6 Å². The maximum Gasteiger partial charge on any atom is 0.00966 e. The van der Waals surface area contributed by atoms with Gasteiger partial charge in [-0.3, -0.25) is 4.90 Å². The zero-order valence-electron chi connectivity index (χ0n) is 13.7. The van der Waals surface area contributed by atoms with Crippen LogP contribution in [0.15, 0.2) is 0 Å².